The van der Waals surface area contributed by atoms with Crippen molar-refractivity contribution in [3.05, 3.63) is 48.2 Å². The van der Waals surface area contributed by atoms with E-state index < -0.39 is 0 Å². The Morgan fingerprint density at radius 1 is 1.22 bits per heavy atom. The van der Waals surface area contributed by atoms with E-state index in [0.717, 1.165) is 16.9 Å². The summed E-state index contributed by atoms with van der Waals surface area (Å²) in [6.07, 6.45) is 1.94. The second kappa shape index (κ2) is 4.03. The molecular formula is C13H13N5. The van der Waals surface area contributed by atoms with Gasteiger partial charge in [-0.1, -0.05) is 12.1 Å². The van der Waals surface area contributed by atoms with Gasteiger partial charge in [-0.15, -0.1) is 5.10 Å². The van der Waals surface area contributed by atoms with Gasteiger partial charge in [-0.25, -0.2) is 4.52 Å². The van der Waals surface area contributed by atoms with E-state index in [2.05, 4.69) is 15.4 Å². The zero-order valence-corrected chi connectivity index (χ0v) is 9.96. The van der Waals surface area contributed by atoms with Crippen LogP contribution in [0.5, 0.6) is 0 Å². The van der Waals surface area contributed by atoms with E-state index in [9.17, 15) is 0 Å². The smallest absolute Gasteiger partial charge is 0.247 e. The summed E-state index contributed by atoms with van der Waals surface area (Å²) in [6.45, 7) is 2.02. The van der Waals surface area contributed by atoms with E-state index in [1.165, 1.54) is 0 Å². The molecule has 0 bridgehead atoms. The first kappa shape index (κ1) is 10.6. The third kappa shape index (κ3) is 1.98. The van der Waals surface area contributed by atoms with Crippen molar-refractivity contribution >= 4 is 23.0 Å². The fourth-order valence-corrected chi connectivity index (χ4v) is 1.78. The molecule has 0 saturated carbocycles. The minimum absolute atomic E-state index is 0.561. The highest BCUT2D eigenvalue weighted by atomic mass is 15.3. The van der Waals surface area contributed by atoms with Crippen molar-refractivity contribution in [3.63, 3.8) is 0 Å². The molecule has 0 atom stereocenters. The van der Waals surface area contributed by atoms with Crippen molar-refractivity contribution in [1.82, 2.24) is 14.6 Å². The third-order valence-corrected chi connectivity index (χ3v) is 2.62. The van der Waals surface area contributed by atoms with Crippen LogP contribution >= 0.6 is 0 Å². The van der Waals surface area contributed by atoms with Crippen molar-refractivity contribution in [2.75, 3.05) is 11.1 Å². The highest BCUT2D eigenvalue weighted by Gasteiger charge is 2.03. The number of nitrogens with two attached hydrogens (primary N) is 1. The van der Waals surface area contributed by atoms with Crippen LogP contribution in [-0.2, 0) is 0 Å². The van der Waals surface area contributed by atoms with Gasteiger partial charge in [0.25, 0.3) is 0 Å². The van der Waals surface area contributed by atoms with E-state index in [0.29, 0.717) is 11.6 Å². The maximum atomic E-state index is 5.72. The topological polar surface area (TPSA) is 68.2 Å². The summed E-state index contributed by atoms with van der Waals surface area (Å²) in [4.78, 5) is 4.38. The summed E-state index contributed by atoms with van der Waals surface area (Å²) >= 11 is 0. The van der Waals surface area contributed by atoms with Crippen LogP contribution in [0.2, 0.25) is 0 Å². The minimum Gasteiger partial charge on any atom is -0.399 e. The Kier molecular flexibility index (Phi) is 2.37. The monoisotopic (exact) mass is 239 g/mol. The van der Waals surface area contributed by atoms with Gasteiger partial charge in [0, 0.05) is 17.6 Å². The van der Waals surface area contributed by atoms with Gasteiger partial charge < -0.3 is 11.1 Å². The Labute approximate surface area is 104 Å². The number of benzene rings is 1. The van der Waals surface area contributed by atoms with E-state index in [1.807, 2.05) is 49.5 Å². The van der Waals surface area contributed by atoms with Gasteiger partial charge in [-0.2, -0.15) is 4.98 Å². The van der Waals surface area contributed by atoms with Gasteiger partial charge in [-0.3, -0.25) is 0 Å². The predicted octanol–water partition coefficient (Wildman–Crippen LogP) is 2.36. The Hall–Kier alpha value is -2.56. The number of hydrogen-bond donors (Lipinski definition) is 2. The van der Waals surface area contributed by atoms with Crippen LogP contribution in [0, 0.1) is 6.92 Å². The number of nitrogens with zero attached hydrogens (tertiary/aromatic N) is 3. The molecule has 18 heavy (non-hydrogen) atoms. The van der Waals surface area contributed by atoms with Gasteiger partial charge in [-0.05, 0) is 36.8 Å². The lowest BCUT2D eigenvalue weighted by Crippen LogP contribution is -1.94. The summed E-state index contributed by atoms with van der Waals surface area (Å²) in [7, 11) is 0. The number of aryl methyl sites for hydroxylation is 1. The molecule has 2 aromatic heterocycles. The zero-order valence-electron chi connectivity index (χ0n) is 9.96. The highest BCUT2D eigenvalue weighted by Crippen LogP contribution is 2.16. The normalized spacial score (nSPS) is 10.7. The zero-order chi connectivity index (χ0) is 12.5. The molecule has 3 rings (SSSR count). The van der Waals surface area contributed by atoms with Crippen molar-refractivity contribution in [3.8, 4) is 0 Å². The van der Waals surface area contributed by atoms with Gasteiger partial charge in [0.2, 0.25) is 5.95 Å². The van der Waals surface area contributed by atoms with Crippen molar-refractivity contribution in [2.45, 2.75) is 6.92 Å². The molecule has 5 nitrogen and oxygen atoms in total. The number of pyridine rings is 1. The van der Waals surface area contributed by atoms with Crippen molar-refractivity contribution < 1.29 is 0 Å². The van der Waals surface area contributed by atoms with Crippen LogP contribution in [0.1, 0.15) is 5.56 Å². The molecule has 2 heterocycles. The standard InChI is InChI=1S/C13H13N5/c1-9-5-6-12-16-13(17-18(12)8-9)15-11-4-2-3-10(14)7-11/h2-8H,14H2,1H3,(H,15,17). The molecule has 0 aliphatic heterocycles. The Morgan fingerprint density at radius 2 is 2.11 bits per heavy atom. The van der Waals surface area contributed by atoms with Crippen molar-refractivity contribution in [2.24, 2.45) is 0 Å². The molecule has 0 aliphatic carbocycles. The molecular weight excluding hydrogens is 226 g/mol. The fourth-order valence-electron chi connectivity index (χ4n) is 1.78. The van der Waals surface area contributed by atoms with Crippen LogP contribution in [-0.4, -0.2) is 14.6 Å². The third-order valence-electron chi connectivity index (χ3n) is 2.62. The number of hydrogen-bond acceptors (Lipinski definition) is 4. The molecule has 1 aromatic carbocycles. The highest BCUT2D eigenvalue weighted by molar-refractivity contribution is 5.60. The van der Waals surface area contributed by atoms with Crippen molar-refractivity contribution in [1.29, 1.82) is 0 Å². The van der Waals surface area contributed by atoms with E-state index >= 15 is 0 Å². The molecule has 0 radical (unpaired) electrons. The van der Waals surface area contributed by atoms with Crippen LogP contribution in [0.3, 0.4) is 0 Å². The van der Waals surface area contributed by atoms with E-state index in [-0.39, 0.29) is 0 Å². The second-order valence-electron chi connectivity index (χ2n) is 4.20. The first-order valence-electron chi connectivity index (χ1n) is 5.66. The van der Waals surface area contributed by atoms with E-state index in [4.69, 9.17) is 5.73 Å². The van der Waals surface area contributed by atoms with E-state index in [1.54, 1.807) is 4.52 Å². The number of fused-ring (bicyclic) bond motifs is 1. The molecule has 3 aromatic rings. The number of aromatic nitrogens is 3. The first-order chi connectivity index (χ1) is 8.70. The minimum atomic E-state index is 0.561. The Morgan fingerprint density at radius 3 is 2.94 bits per heavy atom. The fraction of sp³-hybridized carbons (Fsp3) is 0.0769. The number of nitrogens with one attached hydrogen (secondary N) is 1. The lowest BCUT2D eigenvalue weighted by molar-refractivity contribution is 0.956. The van der Waals surface area contributed by atoms with Gasteiger partial charge in [0.15, 0.2) is 5.65 Å². The SMILES string of the molecule is Cc1ccc2nc(Nc3cccc(N)c3)nn2c1. The molecule has 0 unspecified atom stereocenters. The predicted molar refractivity (Wildman–Crippen MR) is 71.9 cm³/mol. The maximum Gasteiger partial charge on any atom is 0.247 e. The molecule has 0 amide bonds. The Bertz CT molecular complexity index is 701. The molecule has 0 fully saturated rings. The lowest BCUT2D eigenvalue weighted by atomic mass is 10.3. The largest absolute Gasteiger partial charge is 0.399 e. The summed E-state index contributed by atoms with van der Waals surface area (Å²) in [5.74, 6) is 0.561. The molecule has 90 valence electrons. The average Bonchev–Trinajstić information content (AvgIpc) is 2.70. The molecule has 0 spiro atoms. The molecule has 5 heteroatoms. The summed E-state index contributed by atoms with van der Waals surface area (Å²) in [5.41, 5.74) is 9.26. The van der Waals surface area contributed by atoms with Gasteiger partial charge in [0.1, 0.15) is 0 Å². The Balaban J connectivity index is 1.95. The molecule has 3 N–H and O–H groups in total. The lowest BCUT2D eigenvalue weighted by Gasteiger charge is -2.01. The number of rotatable bonds is 2. The van der Waals surface area contributed by atoms with Crippen LogP contribution < -0.4 is 11.1 Å². The van der Waals surface area contributed by atoms with Crippen LogP contribution in [0.15, 0.2) is 42.6 Å². The quantitative estimate of drug-likeness (QED) is 0.674. The van der Waals surface area contributed by atoms with Crippen LogP contribution in [0.25, 0.3) is 5.65 Å². The van der Waals surface area contributed by atoms with Gasteiger partial charge in [0.05, 0.1) is 0 Å². The summed E-state index contributed by atoms with van der Waals surface area (Å²) in [6, 6.07) is 11.4. The first-order valence-corrected chi connectivity index (χ1v) is 5.66. The second-order valence-corrected chi connectivity index (χ2v) is 4.20. The summed E-state index contributed by atoms with van der Waals surface area (Å²) < 4.78 is 1.75. The van der Waals surface area contributed by atoms with Crippen LogP contribution in [0.4, 0.5) is 17.3 Å². The molecule has 0 aliphatic rings. The maximum absolute atomic E-state index is 5.72. The number of nitrogen functional groups attached to an aromatic ring is 1. The van der Waals surface area contributed by atoms with Gasteiger partial charge >= 0.3 is 0 Å². The number of anilines is 3. The average molecular weight is 239 g/mol. The molecule has 0 saturated heterocycles. The summed E-state index contributed by atoms with van der Waals surface area (Å²) in [5, 5.41) is 7.48.